The Kier molecular flexibility index (Phi) is 5.50. The first-order valence-corrected chi connectivity index (χ1v) is 3.45. The molecule has 0 heterocycles. The molecule has 0 spiro atoms. The van der Waals surface area contributed by atoms with Crippen molar-refractivity contribution in [2.45, 2.75) is 6.42 Å². The number of urea groups is 1. The summed E-state index contributed by atoms with van der Waals surface area (Å²) in [7, 11) is 0. The number of rotatable bonds is 5. The summed E-state index contributed by atoms with van der Waals surface area (Å²) in [4.78, 5) is 10.2. The van der Waals surface area contributed by atoms with Gasteiger partial charge in [-0.05, 0) is 6.42 Å². The largest absolute Gasteiger partial charge is 0.396 e. The van der Waals surface area contributed by atoms with Gasteiger partial charge in [-0.1, -0.05) is 0 Å². The maximum absolute atomic E-state index is 10.2. The van der Waals surface area contributed by atoms with Crippen LogP contribution in [0.25, 0.3) is 0 Å². The van der Waals surface area contributed by atoms with Gasteiger partial charge in [0, 0.05) is 25.7 Å². The van der Waals surface area contributed by atoms with E-state index in [0.717, 1.165) is 0 Å². The molecule has 0 rings (SSSR count). The Morgan fingerprint density at radius 3 is 2.55 bits per heavy atom. The van der Waals surface area contributed by atoms with Crippen molar-refractivity contribution in [3.63, 3.8) is 0 Å². The highest BCUT2D eigenvalue weighted by Gasteiger charge is 2.06. The predicted octanol–water partition coefficient (Wildman–Crippen LogP) is -1.35. The van der Waals surface area contributed by atoms with Crippen LogP contribution in [-0.4, -0.2) is 36.0 Å². The van der Waals surface area contributed by atoms with E-state index in [9.17, 15) is 4.79 Å². The Morgan fingerprint density at radius 2 is 2.18 bits per heavy atom. The third kappa shape index (κ3) is 5.63. The zero-order chi connectivity index (χ0) is 8.69. The number of amides is 2. The smallest absolute Gasteiger partial charge is 0.312 e. The van der Waals surface area contributed by atoms with E-state index in [2.05, 4.69) is 5.32 Å². The SMILES string of the molecule is NC(=O)NCC(CO)CCO. The highest BCUT2D eigenvalue weighted by molar-refractivity contribution is 5.71. The van der Waals surface area contributed by atoms with E-state index in [4.69, 9.17) is 15.9 Å². The molecule has 5 heteroatoms. The first-order valence-electron chi connectivity index (χ1n) is 3.45. The fraction of sp³-hybridized carbons (Fsp3) is 0.833. The van der Waals surface area contributed by atoms with Gasteiger partial charge in [0.15, 0.2) is 0 Å². The van der Waals surface area contributed by atoms with E-state index in [1.165, 1.54) is 0 Å². The summed E-state index contributed by atoms with van der Waals surface area (Å²) < 4.78 is 0. The summed E-state index contributed by atoms with van der Waals surface area (Å²) in [5, 5.41) is 19.5. The third-order valence-electron chi connectivity index (χ3n) is 1.36. The number of aliphatic hydroxyl groups is 2. The predicted molar refractivity (Wildman–Crippen MR) is 39.9 cm³/mol. The topological polar surface area (TPSA) is 95.6 Å². The van der Waals surface area contributed by atoms with Gasteiger partial charge in [0.2, 0.25) is 0 Å². The Balaban J connectivity index is 3.43. The number of carbonyl (C=O) groups excluding carboxylic acids is 1. The van der Waals surface area contributed by atoms with Crippen LogP contribution in [0.3, 0.4) is 0 Å². The second-order valence-electron chi connectivity index (χ2n) is 2.31. The molecule has 0 saturated carbocycles. The maximum Gasteiger partial charge on any atom is 0.312 e. The summed E-state index contributed by atoms with van der Waals surface area (Å²) in [6, 6.07) is -0.610. The molecule has 0 aliphatic rings. The van der Waals surface area contributed by atoms with Crippen LogP contribution in [0.1, 0.15) is 6.42 Å². The summed E-state index contributed by atoms with van der Waals surface area (Å²) in [6.45, 7) is 0.263. The van der Waals surface area contributed by atoms with Gasteiger partial charge in [0.05, 0.1) is 0 Å². The molecule has 0 aromatic rings. The molecule has 0 aliphatic heterocycles. The second-order valence-corrected chi connectivity index (χ2v) is 2.31. The lowest BCUT2D eigenvalue weighted by molar-refractivity contribution is 0.181. The van der Waals surface area contributed by atoms with Crippen LogP contribution in [0.15, 0.2) is 0 Å². The maximum atomic E-state index is 10.2. The molecule has 0 aliphatic carbocycles. The molecule has 0 saturated heterocycles. The summed E-state index contributed by atoms with van der Waals surface area (Å²) >= 11 is 0. The Morgan fingerprint density at radius 1 is 1.55 bits per heavy atom. The first-order chi connectivity index (χ1) is 5.20. The molecule has 66 valence electrons. The van der Waals surface area contributed by atoms with Crippen molar-refractivity contribution < 1.29 is 15.0 Å². The molecule has 5 nitrogen and oxygen atoms in total. The van der Waals surface area contributed by atoms with Gasteiger partial charge in [-0.15, -0.1) is 0 Å². The standard InChI is InChI=1S/C6H14N2O3/c7-6(11)8-3-5(4-10)1-2-9/h5,9-10H,1-4H2,(H3,7,8,11). The van der Waals surface area contributed by atoms with E-state index in [0.29, 0.717) is 13.0 Å². The Hall–Kier alpha value is -0.810. The van der Waals surface area contributed by atoms with Gasteiger partial charge in [-0.3, -0.25) is 0 Å². The molecule has 0 radical (unpaired) electrons. The van der Waals surface area contributed by atoms with Crippen molar-refractivity contribution in [3.8, 4) is 0 Å². The minimum absolute atomic E-state index is 0.00562. The minimum Gasteiger partial charge on any atom is -0.396 e. The van der Waals surface area contributed by atoms with E-state index >= 15 is 0 Å². The van der Waals surface area contributed by atoms with Gasteiger partial charge < -0.3 is 21.3 Å². The van der Waals surface area contributed by atoms with Gasteiger partial charge in [0.25, 0.3) is 0 Å². The van der Waals surface area contributed by atoms with Crippen molar-refractivity contribution in [2.75, 3.05) is 19.8 Å². The highest BCUT2D eigenvalue weighted by Crippen LogP contribution is 1.98. The van der Waals surface area contributed by atoms with Gasteiger partial charge in [0.1, 0.15) is 0 Å². The fourth-order valence-corrected chi connectivity index (χ4v) is 0.685. The number of hydrogen-bond donors (Lipinski definition) is 4. The number of hydrogen-bond acceptors (Lipinski definition) is 3. The molecular weight excluding hydrogens is 148 g/mol. The monoisotopic (exact) mass is 162 g/mol. The van der Waals surface area contributed by atoms with Crippen LogP contribution in [0.4, 0.5) is 4.79 Å². The Labute approximate surface area is 65.2 Å². The number of carbonyl (C=O) groups is 1. The number of primary amides is 1. The fourth-order valence-electron chi connectivity index (χ4n) is 0.685. The van der Waals surface area contributed by atoms with E-state index in [1.54, 1.807) is 0 Å². The lowest BCUT2D eigenvalue weighted by Gasteiger charge is -2.11. The zero-order valence-electron chi connectivity index (χ0n) is 6.29. The minimum atomic E-state index is -0.610. The molecule has 1 atom stereocenters. The lowest BCUT2D eigenvalue weighted by atomic mass is 10.1. The van der Waals surface area contributed by atoms with Crippen molar-refractivity contribution >= 4 is 6.03 Å². The van der Waals surface area contributed by atoms with Gasteiger partial charge >= 0.3 is 6.03 Å². The lowest BCUT2D eigenvalue weighted by Crippen LogP contribution is -2.35. The first kappa shape index (κ1) is 10.2. The molecular formula is C6H14N2O3. The molecule has 0 bridgehead atoms. The van der Waals surface area contributed by atoms with Crippen LogP contribution in [-0.2, 0) is 0 Å². The Bertz CT molecular complexity index is 118. The van der Waals surface area contributed by atoms with Crippen LogP contribution < -0.4 is 11.1 Å². The van der Waals surface area contributed by atoms with Gasteiger partial charge in [-0.25, -0.2) is 4.79 Å². The van der Waals surface area contributed by atoms with Crippen molar-refractivity contribution in [1.29, 1.82) is 0 Å². The summed E-state index contributed by atoms with van der Waals surface area (Å²) in [6.07, 6.45) is 0.469. The zero-order valence-corrected chi connectivity index (χ0v) is 6.29. The molecule has 0 aromatic heterocycles. The summed E-state index contributed by atoms with van der Waals surface area (Å²) in [5.41, 5.74) is 4.80. The number of nitrogens with two attached hydrogens (primary N) is 1. The van der Waals surface area contributed by atoms with E-state index in [1.807, 2.05) is 0 Å². The molecule has 0 fully saturated rings. The van der Waals surface area contributed by atoms with Gasteiger partial charge in [-0.2, -0.15) is 0 Å². The molecule has 2 amide bonds. The third-order valence-corrected chi connectivity index (χ3v) is 1.36. The summed E-state index contributed by atoms with van der Waals surface area (Å²) in [5.74, 6) is -0.104. The molecule has 5 N–H and O–H groups in total. The average Bonchev–Trinajstić information content (AvgIpc) is 1.97. The van der Waals surface area contributed by atoms with Crippen molar-refractivity contribution in [3.05, 3.63) is 0 Å². The number of nitrogens with one attached hydrogen (secondary N) is 1. The molecule has 1 unspecified atom stereocenters. The average molecular weight is 162 g/mol. The van der Waals surface area contributed by atoms with Crippen molar-refractivity contribution in [1.82, 2.24) is 5.32 Å². The van der Waals surface area contributed by atoms with Crippen LogP contribution in [0, 0.1) is 5.92 Å². The quantitative estimate of drug-likeness (QED) is 0.402. The van der Waals surface area contributed by atoms with Crippen molar-refractivity contribution in [2.24, 2.45) is 11.7 Å². The van der Waals surface area contributed by atoms with Crippen LogP contribution >= 0.6 is 0 Å². The van der Waals surface area contributed by atoms with E-state index in [-0.39, 0.29) is 19.1 Å². The number of aliphatic hydroxyl groups excluding tert-OH is 2. The molecule has 11 heavy (non-hydrogen) atoms. The van der Waals surface area contributed by atoms with Crippen LogP contribution in [0.2, 0.25) is 0 Å². The second kappa shape index (κ2) is 5.94. The normalized spacial score (nSPS) is 12.5. The molecule has 0 aromatic carbocycles. The van der Waals surface area contributed by atoms with Crippen LogP contribution in [0.5, 0.6) is 0 Å². The highest BCUT2D eigenvalue weighted by atomic mass is 16.3. The van der Waals surface area contributed by atoms with E-state index < -0.39 is 6.03 Å².